The fraction of sp³-hybridized carbons (Fsp3) is 0.238. The summed E-state index contributed by atoms with van der Waals surface area (Å²) in [6.07, 6.45) is -1.12. The van der Waals surface area contributed by atoms with Gasteiger partial charge in [0.25, 0.3) is 5.91 Å². The Kier molecular flexibility index (Phi) is 5.72. The van der Waals surface area contributed by atoms with Gasteiger partial charge in [-0.05, 0) is 32.0 Å². The number of anilines is 1. The Labute approximate surface area is 166 Å². The van der Waals surface area contributed by atoms with E-state index in [1.54, 1.807) is 31.2 Å². The van der Waals surface area contributed by atoms with E-state index in [2.05, 4.69) is 5.32 Å². The number of amides is 1. The van der Waals surface area contributed by atoms with E-state index in [0.717, 1.165) is 0 Å². The van der Waals surface area contributed by atoms with Crippen molar-refractivity contribution in [2.75, 3.05) is 19.5 Å². The first-order valence-electron chi connectivity index (χ1n) is 8.77. The number of rotatable bonds is 6. The number of para-hydroxylation sites is 1. The maximum absolute atomic E-state index is 13.9. The van der Waals surface area contributed by atoms with Crippen LogP contribution in [-0.4, -0.2) is 32.2 Å². The van der Waals surface area contributed by atoms with E-state index in [4.69, 9.17) is 18.6 Å². The Morgan fingerprint density at radius 1 is 1.10 bits per heavy atom. The summed E-state index contributed by atoms with van der Waals surface area (Å²) in [5.74, 6) is -1.18. The number of halogens is 1. The Hall–Kier alpha value is -3.55. The van der Waals surface area contributed by atoms with Crippen molar-refractivity contribution in [2.45, 2.75) is 20.0 Å². The van der Waals surface area contributed by atoms with Crippen molar-refractivity contribution < 1.29 is 32.6 Å². The number of aryl methyl sites for hydroxylation is 1. The molecule has 3 rings (SSSR count). The average molecular weight is 401 g/mol. The van der Waals surface area contributed by atoms with Crippen LogP contribution in [0.25, 0.3) is 11.0 Å². The second-order valence-corrected chi connectivity index (χ2v) is 6.28. The number of hydrogen-bond acceptors (Lipinski definition) is 6. The topological polar surface area (TPSA) is 87.0 Å². The number of furan rings is 1. The third-order valence-electron chi connectivity index (χ3n) is 4.41. The van der Waals surface area contributed by atoms with Crippen LogP contribution in [0.1, 0.15) is 23.0 Å². The number of benzene rings is 2. The first-order chi connectivity index (χ1) is 13.8. The summed E-state index contributed by atoms with van der Waals surface area (Å²) >= 11 is 0. The van der Waals surface area contributed by atoms with Gasteiger partial charge in [0.1, 0.15) is 0 Å². The molecule has 0 aliphatic heterocycles. The Morgan fingerprint density at radius 2 is 1.83 bits per heavy atom. The van der Waals surface area contributed by atoms with Crippen LogP contribution in [0.5, 0.6) is 11.5 Å². The van der Waals surface area contributed by atoms with Gasteiger partial charge in [0.15, 0.2) is 29.0 Å². The highest BCUT2D eigenvalue weighted by Crippen LogP contribution is 2.30. The first kappa shape index (κ1) is 20.2. The number of ether oxygens (including phenoxy) is 3. The molecule has 2 aromatic carbocycles. The summed E-state index contributed by atoms with van der Waals surface area (Å²) in [5, 5.41) is 3.10. The van der Waals surface area contributed by atoms with Crippen LogP contribution in [0.3, 0.4) is 0 Å². The zero-order chi connectivity index (χ0) is 21.1. The molecule has 0 spiro atoms. The molecule has 1 atom stereocenters. The van der Waals surface area contributed by atoms with Crippen molar-refractivity contribution in [3.05, 3.63) is 53.5 Å². The number of carbonyl (C=O) groups is 2. The molecule has 0 aliphatic rings. The van der Waals surface area contributed by atoms with Crippen LogP contribution in [0.2, 0.25) is 0 Å². The number of methoxy groups -OCH3 is 2. The third-order valence-corrected chi connectivity index (χ3v) is 4.41. The SMILES string of the molecule is COc1ccc(NC(=O)[C@@H](C)OC(=O)c2oc3c(F)cccc3c2C)cc1OC. The molecule has 7 nitrogen and oxygen atoms in total. The van der Waals surface area contributed by atoms with Crippen LogP contribution in [0.4, 0.5) is 10.1 Å². The van der Waals surface area contributed by atoms with Gasteiger partial charge in [-0.15, -0.1) is 0 Å². The second-order valence-electron chi connectivity index (χ2n) is 6.28. The van der Waals surface area contributed by atoms with Crippen molar-refractivity contribution >= 4 is 28.5 Å². The van der Waals surface area contributed by atoms with Crippen molar-refractivity contribution in [3.8, 4) is 11.5 Å². The van der Waals surface area contributed by atoms with E-state index >= 15 is 0 Å². The lowest BCUT2D eigenvalue weighted by Crippen LogP contribution is -2.30. The molecule has 0 saturated carbocycles. The third kappa shape index (κ3) is 4.01. The molecular formula is C21H20FNO6. The lowest BCUT2D eigenvalue weighted by molar-refractivity contribution is -0.123. The lowest BCUT2D eigenvalue weighted by Gasteiger charge is -2.14. The number of hydrogen-bond donors (Lipinski definition) is 1. The zero-order valence-corrected chi connectivity index (χ0v) is 16.4. The molecular weight excluding hydrogens is 381 g/mol. The fourth-order valence-corrected chi connectivity index (χ4v) is 2.83. The zero-order valence-electron chi connectivity index (χ0n) is 16.4. The van der Waals surface area contributed by atoms with E-state index in [1.165, 1.54) is 33.3 Å². The standard InChI is InChI=1S/C21H20FNO6/c1-11-14-6-5-7-15(22)19(14)29-18(11)21(25)28-12(2)20(24)23-13-8-9-16(26-3)17(10-13)27-4/h5-10,12H,1-4H3,(H,23,24)/t12-/m1/s1. The van der Waals surface area contributed by atoms with Crippen LogP contribution >= 0.6 is 0 Å². The Bertz CT molecular complexity index is 1070. The second kappa shape index (κ2) is 8.22. The van der Waals surface area contributed by atoms with Gasteiger partial charge in [-0.1, -0.05) is 12.1 Å². The summed E-state index contributed by atoms with van der Waals surface area (Å²) < 4.78 is 34.7. The van der Waals surface area contributed by atoms with E-state index < -0.39 is 23.8 Å². The van der Waals surface area contributed by atoms with Crippen LogP contribution in [0, 0.1) is 12.7 Å². The molecule has 3 aromatic rings. The van der Waals surface area contributed by atoms with E-state index in [0.29, 0.717) is 28.1 Å². The highest BCUT2D eigenvalue weighted by molar-refractivity contribution is 5.99. The highest BCUT2D eigenvalue weighted by atomic mass is 19.1. The predicted molar refractivity (Wildman–Crippen MR) is 104 cm³/mol. The van der Waals surface area contributed by atoms with E-state index in [9.17, 15) is 14.0 Å². The number of carbonyl (C=O) groups excluding carboxylic acids is 2. The summed E-state index contributed by atoms with van der Waals surface area (Å²) in [4.78, 5) is 24.8. The molecule has 0 fully saturated rings. The van der Waals surface area contributed by atoms with Crippen molar-refractivity contribution in [3.63, 3.8) is 0 Å². The molecule has 1 N–H and O–H groups in total. The molecule has 29 heavy (non-hydrogen) atoms. The number of nitrogens with one attached hydrogen (secondary N) is 1. The van der Waals surface area contributed by atoms with Crippen molar-refractivity contribution in [1.82, 2.24) is 0 Å². The largest absolute Gasteiger partial charge is 0.493 e. The average Bonchev–Trinajstić information content (AvgIpc) is 3.06. The normalized spacial score (nSPS) is 11.8. The van der Waals surface area contributed by atoms with Crippen LogP contribution < -0.4 is 14.8 Å². The van der Waals surface area contributed by atoms with Crippen molar-refractivity contribution in [2.24, 2.45) is 0 Å². The molecule has 0 unspecified atom stereocenters. The molecule has 0 saturated heterocycles. The summed E-state index contributed by atoms with van der Waals surface area (Å²) in [6.45, 7) is 3.04. The summed E-state index contributed by atoms with van der Waals surface area (Å²) in [7, 11) is 2.98. The summed E-state index contributed by atoms with van der Waals surface area (Å²) in [6, 6.07) is 9.24. The Morgan fingerprint density at radius 3 is 2.48 bits per heavy atom. The molecule has 8 heteroatoms. The van der Waals surface area contributed by atoms with E-state index in [1.807, 2.05) is 0 Å². The molecule has 0 bridgehead atoms. The molecule has 152 valence electrons. The van der Waals surface area contributed by atoms with Gasteiger partial charge in [-0.2, -0.15) is 0 Å². The fourth-order valence-electron chi connectivity index (χ4n) is 2.83. The smallest absolute Gasteiger partial charge is 0.375 e. The van der Waals surface area contributed by atoms with E-state index in [-0.39, 0.29) is 11.3 Å². The molecule has 1 heterocycles. The first-order valence-corrected chi connectivity index (χ1v) is 8.77. The van der Waals surface area contributed by atoms with Gasteiger partial charge < -0.3 is 23.9 Å². The van der Waals surface area contributed by atoms with Gasteiger partial charge >= 0.3 is 5.97 Å². The number of fused-ring (bicyclic) bond motifs is 1. The minimum Gasteiger partial charge on any atom is -0.493 e. The maximum Gasteiger partial charge on any atom is 0.375 e. The molecule has 1 amide bonds. The highest BCUT2D eigenvalue weighted by Gasteiger charge is 2.25. The van der Waals surface area contributed by atoms with Gasteiger partial charge in [-0.25, -0.2) is 9.18 Å². The van der Waals surface area contributed by atoms with Crippen molar-refractivity contribution in [1.29, 1.82) is 0 Å². The molecule has 1 aromatic heterocycles. The quantitative estimate of drug-likeness (QED) is 0.627. The minimum absolute atomic E-state index is 0.0283. The monoisotopic (exact) mass is 401 g/mol. The lowest BCUT2D eigenvalue weighted by atomic mass is 10.1. The predicted octanol–water partition coefficient (Wildman–Crippen LogP) is 4.08. The number of esters is 1. The Balaban J connectivity index is 1.72. The van der Waals surface area contributed by atoms with Gasteiger partial charge in [0.05, 0.1) is 14.2 Å². The van der Waals surface area contributed by atoms with Gasteiger partial charge in [0.2, 0.25) is 5.76 Å². The molecule has 0 radical (unpaired) electrons. The molecule has 0 aliphatic carbocycles. The summed E-state index contributed by atoms with van der Waals surface area (Å²) in [5.41, 5.74) is 0.855. The maximum atomic E-state index is 13.9. The van der Waals surface area contributed by atoms with Crippen LogP contribution in [0.15, 0.2) is 40.8 Å². The van der Waals surface area contributed by atoms with Gasteiger partial charge in [-0.3, -0.25) is 4.79 Å². The van der Waals surface area contributed by atoms with Crippen LogP contribution in [-0.2, 0) is 9.53 Å². The van der Waals surface area contributed by atoms with Gasteiger partial charge in [0, 0.05) is 22.7 Å². The minimum atomic E-state index is -1.12.